The van der Waals surface area contributed by atoms with E-state index in [-0.39, 0.29) is 24.8 Å². The molecule has 11 heavy (non-hydrogen) atoms. The molecule has 0 heterocycles. The predicted octanol–water partition coefficient (Wildman–Crippen LogP) is -2.77. The van der Waals surface area contributed by atoms with Gasteiger partial charge >= 0.3 is 68.1 Å². The molecule has 0 aliphatic rings. The summed E-state index contributed by atoms with van der Waals surface area (Å²) in [7, 11) is 0. The van der Waals surface area contributed by atoms with E-state index in [1.54, 1.807) is 0 Å². The average molecular weight is 233 g/mol. The smallest absolute Gasteiger partial charge is 1.00 e. The second-order valence-corrected chi connectivity index (χ2v) is 5.50. The average Bonchev–Trinajstić information content (AvgIpc) is 1.63. The van der Waals surface area contributed by atoms with Crippen LogP contribution in [0.25, 0.3) is 0 Å². The summed E-state index contributed by atoms with van der Waals surface area (Å²) in [4.78, 5) is 0. The Labute approximate surface area is 92.7 Å². The first-order valence-electron chi connectivity index (χ1n) is 3.83. The molecule has 0 atom stereocenters. The van der Waals surface area contributed by atoms with E-state index in [0.717, 1.165) is 11.8 Å². The molecule has 0 aromatic carbocycles. The fraction of sp³-hybridized carbons (Fsp3) is 1.00. The van der Waals surface area contributed by atoms with Crippen molar-refractivity contribution in [1.29, 1.82) is 0 Å². The van der Waals surface area contributed by atoms with Crippen LogP contribution in [0.5, 0.6) is 0 Å². The predicted molar refractivity (Wildman–Crippen MR) is 39.3 cm³/mol. The summed E-state index contributed by atoms with van der Waals surface area (Å²) in [5, 5.41) is 0. The zero-order chi connectivity index (χ0) is 7.28. The number of hydrogen-bond donors (Lipinski definition) is 0. The van der Waals surface area contributed by atoms with Crippen molar-refractivity contribution < 1.29 is 44.0 Å². The number of halogens is 2. The first-order chi connectivity index (χ1) is 4.13. The quantitative estimate of drug-likeness (QED) is 0.461. The maximum Gasteiger partial charge on any atom is -1.00 e. The maximum atomic E-state index is 2.32. The molecule has 0 saturated carbocycles. The molecular formula is C8H18Cl2Ti. The van der Waals surface area contributed by atoms with E-state index in [1.165, 1.54) is 9.45 Å². The Balaban J connectivity index is -0.000000320. The van der Waals surface area contributed by atoms with Gasteiger partial charge in [-0.3, -0.25) is 0 Å². The zero-order valence-electron chi connectivity index (χ0n) is 7.82. The van der Waals surface area contributed by atoms with Gasteiger partial charge in [0.05, 0.1) is 0 Å². The first kappa shape index (κ1) is 18.2. The summed E-state index contributed by atoms with van der Waals surface area (Å²) in [5.41, 5.74) is 0. The van der Waals surface area contributed by atoms with Crippen molar-refractivity contribution >= 4 is 0 Å². The van der Waals surface area contributed by atoms with Crippen LogP contribution in [0.4, 0.5) is 0 Å². The number of hydrogen-bond acceptors (Lipinski definition) is 0. The van der Waals surface area contributed by atoms with Gasteiger partial charge in [-0.25, -0.2) is 0 Å². The monoisotopic (exact) mass is 232 g/mol. The van der Waals surface area contributed by atoms with Crippen molar-refractivity contribution in [2.45, 2.75) is 37.1 Å². The van der Waals surface area contributed by atoms with Gasteiger partial charge in [-0.2, -0.15) is 0 Å². The van der Waals surface area contributed by atoms with Gasteiger partial charge in [0.25, 0.3) is 0 Å². The molecule has 0 aliphatic heterocycles. The van der Waals surface area contributed by atoms with Crippen molar-refractivity contribution in [3.63, 3.8) is 0 Å². The van der Waals surface area contributed by atoms with Crippen LogP contribution in [-0.4, -0.2) is 0 Å². The summed E-state index contributed by atoms with van der Waals surface area (Å²) < 4.78 is 3.05. The van der Waals surface area contributed by atoms with E-state index in [2.05, 4.69) is 27.7 Å². The minimum absolute atomic E-state index is 0. The molecule has 0 radical (unpaired) electrons. The minimum atomic E-state index is 0. The fourth-order valence-corrected chi connectivity index (χ4v) is 2.72. The van der Waals surface area contributed by atoms with Gasteiger partial charge in [0.2, 0.25) is 0 Å². The van der Waals surface area contributed by atoms with Gasteiger partial charge in [0.15, 0.2) is 0 Å². The van der Waals surface area contributed by atoms with E-state index < -0.39 is 0 Å². The van der Waals surface area contributed by atoms with Crippen LogP contribution in [0, 0.1) is 11.8 Å². The summed E-state index contributed by atoms with van der Waals surface area (Å²) in [6, 6.07) is 0. The van der Waals surface area contributed by atoms with Crippen LogP contribution in [0.3, 0.4) is 0 Å². The van der Waals surface area contributed by atoms with Crippen LogP contribution in [-0.2, 0) is 19.2 Å². The Morgan fingerprint density at radius 2 is 1.09 bits per heavy atom. The molecule has 0 unspecified atom stereocenters. The van der Waals surface area contributed by atoms with Crippen LogP contribution in [0.15, 0.2) is 0 Å². The molecule has 68 valence electrons. The Morgan fingerprint density at radius 3 is 1.27 bits per heavy atom. The molecule has 0 aliphatic carbocycles. The third-order valence-electron chi connectivity index (χ3n) is 1.11. The van der Waals surface area contributed by atoms with Crippen molar-refractivity contribution in [3.05, 3.63) is 0 Å². The van der Waals surface area contributed by atoms with Crippen molar-refractivity contribution in [1.82, 2.24) is 0 Å². The fourth-order valence-electron chi connectivity index (χ4n) is 0.661. The summed E-state index contributed by atoms with van der Waals surface area (Å²) in [5.74, 6) is 1.90. The Kier molecular flexibility index (Phi) is 18.6. The second-order valence-electron chi connectivity index (χ2n) is 3.45. The van der Waals surface area contributed by atoms with Crippen LogP contribution in [0.2, 0.25) is 9.45 Å². The third-order valence-corrected chi connectivity index (χ3v) is 4.56. The SMILES string of the molecule is CC(C)[CH2][Ti+2][CH2]C(C)C.[Cl-].[Cl-]. The Bertz CT molecular complexity index is 57.1. The van der Waals surface area contributed by atoms with Crippen LogP contribution < -0.4 is 24.8 Å². The van der Waals surface area contributed by atoms with Crippen LogP contribution in [0.1, 0.15) is 27.7 Å². The normalized spacial score (nSPS) is 8.55. The molecule has 0 fully saturated rings. The maximum absolute atomic E-state index is 2.32. The Hall–Kier alpha value is 1.29. The summed E-state index contributed by atoms with van der Waals surface area (Å²) >= 11 is 0.426. The molecule has 0 amide bonds. The Morgan fingerprint density at radius 1 is 0.818 bits per heavy atom. The standard InChI is InChI=1S/2C4H9.2ClH.Ti/c2*1-4(2)3;;;/h2*4H,1H2,2-3H3;2*1H;/q;;;;+2/p-2. The zero-order valence-corrected chi connectivity index (χ0v) is 10.9. The topological polar surface area (TPSA) is 0 Å². The molecule has 3 heteroatoms. The van der Waals surface area contributed by atoms with E-state index in [1.807, 2.05) is 0 Å². The largest absolute Gasteiger partial charge is 1.00 e. The molecule has 0 saturated heterocycles. The molecule has 0 N–H and O–H groups in total. The van der Waals surface area contributed by atoms with Gasteiger partial charge in [-0.1, -0.05) is 0 Å². The molecule has 0 aromatic heterocycles. The van der Waals surface area contributed by atoms with Gasteiger partial charge in [-0.15, -0.1) is 0 Å². The van der Waals surface area contributed by atoms with Gasteiger partial charge in [-0.05, 0) is 0 Å². The molecular weight excluding hydrogens is 215 g/mol. The van der Waals surface area contributed by atoms with Crippen molar-refractivity contribution in [2.75, 3.05) is 0 Å². The third kappa shape index (κ3) is 18.3. The van der Waals surface area contributed by atoms with E-state index in [4.69, 9.17) is 0 Å². The molecule has 0 spiro atoms. The molecule has 0 bridgehead atoms. The van der Waals surface area contributed by atoms with E-state index in [0.29, 0.717) is 19.2 Å². The van der Waals surface area contributed by atoms with Gasteiger partial charge in [0, 0.05) is 0 Å². The van der Waals surface area contributed by atoms with Crippen molar-refractivity contribution in [2.24, 2.45) is 11.8 Å². The van der Waals surface area contributed by atoms with E-state index in [9.17, 15) is 0 Å². The van der Waals surface area contributed by atoms with E-state index >= 15 is 0 Å². The molecule has 0 aromatic rings. The minimum Gasteiger partial charge on any atom is -1.00 e. The summed E-state index contributed by atoms with van der Waals surface area (Å²) in [6.45, 7) is 9.29. The summed E-state index contributed by atoms with van der Waals surface area (Å²) in [6.07, 6.45) is 0. The molecule has 0 rings (SSSR count). The van der Waals surface area contributed by atoms with Crippen molar-refractivity contribution in [3.8, 4) is 0 Å². The first-order valence-corrected chi connectivity index (χ1v) is 6.04. The number of rotatable bonds is 4. The van der Waals surface area contributed by atoms with Gasteiger partial charge in [0.1, 0.15) is 0 Å². The second kappa shape index (κ2) is 11.3. The van der Waals surface area contributed by atoms with Gasteiger partial charge < -0.3 is 24.8 Å². The molecule has 0 nitrogen and oxygen atoms in total. The van der Waals surface area contributed by atoms with Crippen LogP contribution >= 0.6 is 0 Å².